The highest BCUT2D eigenvalue weighted by atomic mass is 35.5. The number of methoxy groups -OCH3 is 1. The molecule has 1 aromatic carbocycles. The average molecular weight is 389 g/mol. The summed E-state index contributed by atoms with van der Waals surface area (Å²) in [6.45, 7) is 2.20. The second-order valence-electron chi connectivity index (χ2n) is 6.52. The molecule has 0 fully saturated rings. The summed E-state index contributed by atoms with van der Waals surface area (Å²) in [4.78, 5) is 14.0. The van der Waals surface area contributed by atoms with Crippen LogP contribution < -0.4 is 10.1 Å². The highest BCUT2D eigenvalue weighted by Gasteiger charge is 2.26. The molecule has 1 atom stereocenters. The van der Waals surface area contributed by atoms with Gasteiger partial charge in [-0.3, -0.25) is 4.79 Å². The van der Waals surface area contributed by atoms with Gasteiger partial charge in [-0.2, -0.15) is 5.26 Å². The van der Waals surface area contributed by atoms with Gasteiger partial charge in [0.1, 0.15) is 16.8 Å². The largest absolute Gasteiger partial charge is 0.496 e. The number of fused-ring (bicyclic) bond motifs is 1. The van der Waals surface area contributed by atoms with Crippen molar-refractivity contribution in [1.29, 1.82) is 5.26 Å². The monoisotopic (exact) mass is 388 g/mol. The summed E-state index contributed by atoms with van der Waals surface area (Å²) < 4.78 is 5.26. The number of carbonyl (C=O) groups excluding carboxylic acids is 1. The van der Waals surface area contributed by atoms with Gasteiger partial charge in [-0.1, -0.05) is 31.4 Å². The zero-order chi connectivity index (χ0) is 18.7. The molecule has 1 aliphatic carbocycles. The van der Waals surface area contributed by atoms with E-state index in [0.29, 0.717) is 32.8 Å². The van der Waals surface area contributed by atoms with Crippen molar-refractivity contribution < 1.29 is 9.53 Å². The van der Waals surface area contributed by atoms with Gasteiger partial charge in [0, 0.05) is 9.90 Å². The first-order valence-electron chi connectivity index (χ1n) is 8.76. The molecule has 136 valence electrons. The summed E-state index contributed by atoms with van der Waals surface area (Å²) >= 11 is 7.55. The van der Waals surface area contributed by atoms with Crippen molar-refractivity contribution in [2.24, 2.45) is 5.92 Å². The lowest BCUT2D eigenvalue weighted by atomic mass is 9.85. The highest BCUT2D eigenvalue weighted by Crippen LogP contribution is 2.40. The van der Waals surface area contributed by atoms with Crippen molar-refractivity contribution in [3.8, 4) is 11.8 Å². The van der Waals surface area contributed by atoms with E-state index in [2.05, 4.69) is 18.3 Å². The van der Waals surface area contributed by atoms with Crippen molar-refractivity contribution in [1.82, 2.24) is 0 Å². The number of amides is 1. The minimum atomic E-state index is -0.315. The molecule has 1 amide bonds. The maximum Gasteiger partial charge on any atom is 0.260 e. The zero-order valence-electron chi connectivity index (χ0n) is 14.9. The van der Waals surface area contributed by atoms with E-state index in [1.54, 1.807) is 18.2 Å². The zero-order valence-corrected chi connectivity index (χ0v) is 16.5. The number of anilines is 1. The van der Waals surface area contributed by atoms with Crippen LogP contribution >= 0.6 is 22.9 Å². The number of nitrogens with zero attached hydrogens (tertiary/aromatic N) is 1. The van der Waals surface area contributed by atoms with Crippen LogP contribution in [0.3, 0.4) is 0 Å². The van der Waals surface area contributed by atoms with Crippen LogP contribution in [0, 0.1) is 17.2 Å². The molecular formula is C20H21ClN2O2S. The molecular weight excluding hydrogens is 368 g/mol. The Morgan fingerprint density at radius 2 is 2.31 bits per heavy atom. The number of benzene rings is 1. The van der Waals surface area contributed by atoms with Gasteiger partial charge in [-0.25, -0.2) is 0 Å². The van der Waals surface area contributed by atoms with Gasteiger partial charge in [0.2, 0.25) is 0 Å². The van der Waals surface area contributed by atoms with Crippen LogP contribution in [0.2, 0.25) is 5.02 Å². The number of ether oxygens (including phenoxy) is 1. The first kappa shape index (κ1) is 18.8. The number of nitrogens with one attached hydrogen (secondary N) is 1. The predicted molar refractivity (Wildman–Crippen MR) is 105 cm³/mol. The van der Waals surface area contributed by atoms with Gasteiger partial charge in [-0.15, -0.1) is 11.3 Å². The van der Waals surface area contributed by atoms with E-state index in [-0.39, 0.29) is 5.91 Å². The highest BCUT2D eigenvalue weighted by molar-refractivity contribution is 7.16. The predicted octanol–water partition coefficient (Wildman–Crippen LogP) is 5.44. The molecule has 1 N–H and O–H groups in total. The molecule has 0 bridgehead atoms. The minimum Gasteiger partial charge on any atom is -0.496 e. The maximum absolute atomic E-state index is 12.7. The SMILES string of the molecule is CCC[C@H]1CCc2c(sc(NC(=O)c3cc(Cl)ccc3OC)c2C#N)C1. The van der Waals surface area contributed by atoms with E-state index in [0.717, 1.165) is 24.8 Å². The van der Waals surface area contributed by atoms with Crippen LogP contribution in [0.25, 0.3) is 0 Å². The molecule has 0 spiro atoms. The van der Waals surface area contributed by atoms with Crippen molar-refractivity contribution >= 4 is 33.8 Å². The number of carbonyl (C=O) groups is 1. The molecule has 0 saturated heterocycles. The summed E-state index contributed by atoms with van der Waals surface area (Å²) in [5, 5.41) is 13.6. The molecule has 0 saturated carbocycles. The molecule has 3 rings (SSSR count). The van der Waals surface area contributed by atoms with Gasteiger partial charge < -0.3 is 10.1 Å². The standard InChI is InChI=1S/C20H21ClN2O2S/c1-3-4-12-5-7-14-16(11-22)20(26-18(14)9-12)23-19(24)15-10-13(21)6-8-17(15)25-2/h6,8,10,12H,3-5,7,9H2,1-2H3,(H,23,24)/t12-/m0/s1. The summed E-state index contributed by atoms with van der Waals surface area (Å²) in [5.41, 5.74) is 2.08. The first-order valence-corrected chi connectivity index (χ1v) is 9.96. The summed E-state index contributed by atoms with van der Waals surface area (Å²) in [6.07, 6.45) is 5.41. The molecule has 1 aliphatic rings. The average Bonchev–Trinajstić information content (AvgIpc) is 2.98. The Kier molecular flexibility index (Phi) is 5.85. The number of rotatable bonds is 5. The molecule has 1 heterocycles. The topological polar surface area (TPSA) is 62.1 Å². The van der Waals surface area contributed by atoms with E-state index >= 15 is 0 Å². The van der Waals surface area contributed by atoms with Crippen molar-refractivity contribution in [2.75, 3.05) is 12.4 Å². The lowest BCUT2D eigenvalue weighted by Gasteiger charge is -2.21. The van der Waals surface area contributed by atoms with Crippen LogP contribution in [0.4, 0.5) is 5.00 Å². The van der Waals surface area contributed by atoms with E-state index in [1.807, 2.05) is 0 Å². The summed E-state index contributed by atoms with van der Waals surface area (Å²) in [5.74, 6) is 0.813. The van der Waals surface area contributed by atoms with Gasteiger partial charge in [0.25, 0.3) is 5.91 Å². The second kappa shape index (κ2) is 8.11. The van der Waals surface area contributed by atoms with Crippen molar-refractivity contribution in [3.05, 3.63) is 44.8 Å². The van der Waals surface area contributed by atoms with Gasteiger partial charge in [0.05, 0.1) is 18.2 Å². The molecule has 0 unspecified atom stereocenters. The molecule has 0 radical (unpaired) electrons. The van der Waals surface area contributed by atoms with Crippen LogP contribution in [-0.4, -0.2) is 13.0 Å². The molecule has 2 aromatic rings. The van der Waals surface area contributed by atoms with E-state index in [4.69, 9.17) is 16.3 Å². The molecule has 0 aliphatic heterocycles. The first-order chi connectivity index (χ1) is 12.6. The number of hydrogen-bond donors (Lipinski definition) is 1. The van der Waals surface area contributed by atoms with Gasteiger partial charge >= 0.3 is 0 Å². The lowest BCUT2D eigenvalue weighted by Crippen LogP contribution is -2.14. The van der Waals surface area contributed by atoms with Crippen LogP contribution in [0.1, 0.15) is 52.5 Å². The Hall–Kier alpha value is -2.03. The summed E-state index contributed by atoms with van der Waals surface area (Å²) in [7, 11) is 1.51. The Morgan fingerprint density at radius 3 is 3.00 bits per heavy atom. The molecule has 4 nitrogen and oxygen atoms in total. The van der Waals surface area contributed by atoms with E-state index in [1.165, 1.54) is 36.2 Å². The molecule has 6 heteroatoms. The Morgan fingerprint density at radius 1 is 1.50 bits per heavy atom. The van der Waals surface area contributed by atoms with Crippen LogP contribution in [-0.2, 0) is 12.8 Å². The fraction of sp³-hybridized carbons (Fsp3) is 0.400. The Labute approximate surface area is 162 Å². The smallest absolute Gasteiger partial charge is 0.260 e. The van der Waals surface area contributed by atoms with Crippen molar-refractivity contribution in [2.45, 2.75) is 39.0 Å². The van der Waals surface area contributed by atoms with E-state index < -0.39 is 0 Å². The minimum absolute atomic E-state index is 0.315. The number of nitriles is 1. The van der Waals surface area contributed by atoms with Crippen molar-refractivity contribution in [3.63, 3.8) is 0 Å². The second-order valence-corrected chi connectivity index (χ2v) is 8.06. The third kappa shape index (κ3) is 3.72. The molecule has 26 heavy (non-hydrogen) atoms. The van der Waals surface area contributed by atoms with Gasteiger partial charge in [0.15, 0.2) is 0 Å². The van der Waals surface area contributed by atoms with E-state index in [9.17, 15) is 10.1 Å². The summed E-state index contributed by atoms with van der Waals surface area (Å²) in [6, 6.07) is 7.20. The molecule has 1 aromatic heterocycles. The third-order valence-electron chi connectivity index (χ3n) is 4.81. The number of halogens is 1. The van der Waals surface area contributed by atoms with Crippen LogP contribution in [0.5, 0.6) is 5.75 Å². The lowest BCUT2D eigenvalue weighted by molar-refractivity contribution is 0.102. The van der Waals surface area contributed by atoms with Gasteiger partial charge in [-0.05, 0) is 48.9 Å². The quantitative estimate of drug-likeness (QED) is 0.741. The number of hydrogen-bond acceptors (Lipinski definition) is 4. The Bertz CT molecular complexity index is 869. The maximum atomic E-state index is 12.7. The fourth-order valence-electron chi connectivity index (χ4n) is 3.54. The van der Waals surface area contributed by atoms with Crippen LogP contribution in [0.15, 0.2) is 18.2 Å². The number of thiophene rings is 1. The third-order valence-corrected chi connectivity index (χ3v) is 6.21. The normalized spacial score (nSPS) is 15.8. The Balaban J connectivity index is 1.88. The fourth-order valence-corrected chi connectivity index (χ4v) is 5.02.